The lowest BCUT2D eigenvalue weighted by molar-refractivity contribution is -0.135. The number of carbonyl (C=O) groups excluding carboxylic acids is 3. The van der Waals surface area contributed by atoms with E-state index >= 15 is 0 Å². The molecule has 0 aliphatic carbocycles. The van der Waals surface area contributed by atoms with Gasteiger partial charge in [0.1, 0.15) is 17.8 Å². The van der Waals surface area contributed by atoms with Crippen LogP contribution < -0.4 is 21.1 Å². The van der Waals surface area contributed by atoms with Gasteiger partial charge in [-0.05, 0) is 62.8 Å². The molecular weight excluding hydrogens is 560 g/mol. The average molecular weight is 605 g/mol. The van der Waals surface area contributed by atoms with Gasteiger partial charge in [0.05, 0.1) is 31.7 Å². The zero-order chi connectivity index (χ0) is 31.7. The number of hydrogen-bond acceptors (Lipinski definition) is 7. The highest BCUT2D eigenvalue weighted by atomic mass is 16.5. The number of nitrogens with zero attached hydrogens (tertiary/aromatic N) is 3. The fraction of sp³-hybridized carbons (Fsp3) is 0.455. The topological polar surface area (TPSA) is 141 Å². The quantitative estimate of drug-likeness (QED) is 0.271. The van der Waals surface area contributed by atoms with Crippen LogP contribution in [0.2, 0.25) is 0 Å². The number of ether oxygens (including phenoxy) is 2. The van der Waals surface area contributed by atoms with Crippen LogP contribution in [0.1, 0.15) is 57.7 Å². The first-order valence-corrected chi connectivity index (χ1v) is 15.1. The van der Waals surface area contributed by atoms with Gasteiger partial charge in [-0.25, -0.2) is 4.98 Å². The first kappa shape index (κ1) is 32.7. The summed E-state index contributed by atoms with van der Waals surface area (Å²) in [6.07, 6.45) is 5.06. The van der Waals surface area contributed by atoms with Gasteiger partial charge in [-0.3, -0.25) is 14.4 Å². The van der Waals surface area contributed by atoms with Crippen LogP contribution in [0.15, 0.2) is 67.1 Å². The molecule has 1 fully saturated rings. The summed E-state index contributed by atoms with van der Waals surface area (Å²) in [6, 6.07) is 15.3. The number of hydrogen-bond donors (Lipinski definition) is 3. The van der Waals surface area contributed by atoms with E-state index in [9.17, 15) is 14.4 Å². The number of carbonyl (C=O) groups is 3. The van der Waals surface area contributed by atoms with Gasteiger partial charge in [0.2, 0.25) is 11.8 Å². The maximum Gasteiger partial charge on any atom is 0.250 e. The standard InChI is InChI=1S/C33H44N6O5/c1-5-44-26-13-11-25(12-14-26)29(31(41)38-17-15-23(2)16-18-38)39-19-28(35-22-39)37-30(40)27(36-32(42)33(3,4)34)21-43-20-24-9-7-6-8-10-24/h6-14,19,22-23,27,29H,5,15-18,20-21,34H2,1-4H3,(H,36,42)(H,37,40)/t27-,29?/m1/s1. The van der Waals surface area contributed by atoms with Crippen molar-refractivity contribution in [1.29, 1.82) is 0 Å². The molecule has 1 aromatic heterocycles. The van der Waals surface area contributed by atoms with E-state index in [1.54, 1.807) is 24.6 Å². The maximum absolute atomic E-state index is 13.9. The third-order valence-electron chi connectivity index (χ3n) is 7.59. The molecule has 236 valence electrons. The molecule has 3 aromatic rings. The normalized spacial score (nSPS) is 15.3. The minimum Gasteiger partial charge on any atom is -0.494 e. The first-order chi connectivity index (χ1) is 21.0. The van der Waals surface area contributed by atoms with Crippen molar-refractivity contribution in [1.82, 2.24) is 19.8 Å². The molecule has 1 aliphatic rings. The van der Waals surface area contributed by atoms with E-state index in [0.717, 1.165) is 29.7 Å². The van der Waals surface area contributed by atoms with Crippen LogP contribution in [0.25, 0.3) is 0 Å². The Hall–Kier alpha value is -4.22. The van der Waals surface area contributed by atoms with E-state index in [0.29, 0.717) is 25.6 Å². The lowest BCUT2D eigenvalue weighted by Crippen LogP contribution is -2.56. The van der Waals surface area contributed by atoms with Crippen molar-refractivity contribution in [2.75, 3.05) is 31.6 Å². The van der Waals surface area contributed by atoms with Crippen molar-refractivity contribution in [3.05, 3.63) is 78.2 Å². The van der Waals surface area contributed by atoms with Gasteiger partial charge in [0.15, 0.2) is 5.82 Å². The van der Waals surface area contributed by atoms with Gasteiger partial charge in [-0.1, -0.05) is 49.4 Å². The summed E-state index contributed by atoms with van der Waals surface area (Å²) in [6.45, 7) is 9.34. The number of imidazole rings is 1. The zero-order valence-corrected chi connectivity index (χ0v) is 26.0. The highest BCUT2D eigenvalue weighted by Gasteiger charge is 2.31. The summed E-state index contributed by atoms with van der Waals surface area (Å²) < 4.78 is 13.1. The van der Waals surface area contributed by atoms with Crippen molar-refractivity contribution in [2.24, 2.45) is 11.7 Å². The summed E-state index contributed by atoms with van der Waals surface area (Å²) in [5.41, 5.74) is 6.48. The van der Waals surface area contributed by atoms with Gasteiger partial charge in [0.25, 0.3) is 5.91 Å². The monoisotopic (exact) mass is 604 g/mol. The van der Waals surface area contributed by atoms with Crippen molar-refractivity contribution in [2.45, 2.75) is 64.8 Å². The smallest absolute Gasteiger partial charge is 0.250 e. The molecule has 0 bridgehead atoms. The molecule has 0 spiro atoms. The Kier molecular flexibility index (Phi) is 11.1. The Labute approximate surface area is 259 Å². The number of likely N-dealkylation sites (tertiary alicyclic amines) is 1. The second kappa shape index (κ2) is 15.0. The number of nitrogens with one attached hydrogen (secondary N) is 2. The van der Waals surface area contributed by atoms with E-state index in [-0.39, 0.29) is 24.9 Å². The SMILES string of the molecule is CCOc1ccc(C(C(=O)N2CCC(C)CC2)n2cnc(NC(=O)[C@@H](COCc3ccccc3)NC(=O)C(C)(C)N)c2)cc1. The Morgan fingerprint density at radius 2 is 1.75 bits per heavy atom. The summed E-state index contributed by atoms with van der Waals surface area (Å²) in [7, 11) is 0. The second-order valence-corrected chi connectivity index (χ2v) is 11.9. The molecule has 2 atom stereocenters. The van der Waals surface area contributed by atoms with Crippen LogP contribution in [0.4, 0.5) is 5.82 Å². The molecule has 11 nitrogen and oxygen atoms in total. The number of benzene rings is 2. The molecule has 3 amide bonds. The molecule has 2 heterocycles. The molecular formula is C33H44N6O5. The fourth-order valence-electron chi connectivity index (χ4n) is 4.91. The zero-order valence-electron chi connectivity index (χ0n) is 26.0. The van der Waals surface area contributed by atoms with Gasteiger partial charge < -0.3 is 35.3 Å². The number of rotatable bonds is 13. The number of anilines is 1. The molecule has 44 heavy (non-hydrogen) atoms. The number of piperidine rings is 1. The fourth-order valence-corrected chi connectivity index (χ4v) is 4.91. The molecule has 0 radical (unpaired) electrons. The molecule has 11 heteroatoms. The highest BCUT2D eigenvalue weighted by molar-refractivity contribution is 5.98. The van der Waals surface area contributed by atoms with Crippen molar-refractivity contribution in [3.63, 3.8) is 0 Å². The molecule has 1 unspecified atom stereocenters. The van der Waals surface area contributed by atoms with Crippen molar-refractivity contribution in [3.8, 4) is 5.75 Å². The van der Waals surface area contributed by atoms with Crippen LogP contribution >= 0.6 is 0 Å². The highest BCUT2D eigenvalue weighted by Crippen LogP contribution is 2.27. The van der Waals surface area contributed by atoms with Gasteiger partial charge in [-0.2, -0.15) is 0 Å². The van der Waals surface area contributed by atoms with Gasteiger partial charge in [0, 0.05) is 19.3 Å². The summed E-state index contributed by atoms with van der Waals surface area (Å²) in [5, 5.41) is 5.46. The van der Waals surface area contributed by atoms with E-state index in [4.69, 9.17) is 15.2 Å². The average Bonchev–Trinajstić information content (AvgIpc) is 3.45. The molecule has 4 N–H and O–H groups in total. The second-order valence-electron chi connectivity index (χ2n) is 11.9. The minimum absolute atomic E-state index is 0.0408. The van der Waals surface area contributed by atoms with Crippen molar-refractivity contribution >= 4 is 23.5 Å². The van der Waals surface area contributed by atoms with Crippen LogP contribution in [0, 0.1) is 5.92 Å². The lowest BCUT2D eigenvalue weighted by atomic mass is 9.97. The van der Waals surface area contributed by atoms with Crippen LogP contribution in [0.5, 0.6) is 5.75 Å². The van der Waals surface area contributed by atoms with E-state index in [2.05, 4.69) is 22.5 Å². The Morgan fingerprint density at radius 3 is 2.39 bits per heavy atom. The molecule has 1 saturated heterocycles. The Morgan fingerprint density at radius 1 is 1.07 bits per heavy atom. The van der Waals surface area contributed by atoms with Crippen LogP contribution in [-0.2, 0) is 25.7 Å². The minimum atomic E-state index is -1.20. The lowest BCUT2D eigenvalue weighted by Gasteiger charge is -2.33. The van der Waals surface area contributed by atoms with Crippen molar-refractivity contribution < 1.29 is 23.9 Å². The predicted molar refractivity (Wildman–Crippen MR) is 168 cm³/mol. The molecule has 4 rings (SSSR count). The predicted octanol–water partition coefficient (Wildman–Crippen LogP) is 3.51. The molecule has 1 aliphatic heterocycles. The third-order valence-corrected chi connectivity index (χ3v) is 7.59. The molecule has 0 saturated carbocycles. The number of nitrogens with two attached hydrogens (primary N) is 1. The maximum atomic E-state index is 13.9. The van der Waals surface area contributed by atoms with Crippen LogP contribution in [0.3, 0.4) is 0 Å². The third kappa shape index (κ3) is 8.90. The number of aromatic nitrogens is 2. The summed E-state index contributed by atoms with van der Waals surface area (Å²) in [5.74, 6) is 0.476. The van der Waals surface area contributed by atoms with Gasteiger partial charge in [-0.15, -0.1) is 0 Å². The van der Waals surface area contributed by atoms with Gasteiger partial charge >= 0.3 is 0 Å². The number of amides is 3. The van der Waals surface area contributed by atoms with Crippen LogP contribution in [-0.4, -0.2) is 70.1 Å². The molecule has 2 aromatic carbocycles. The summed E-state index contributed by atoms with van der Waals surface area (Å²) >= 11 is 0. The first-order valence-electron chi connectivity index (χ1n) is 15.1. The van der Waals surface area contributed by atoms with E-state index in [1.165, 1.54) is 6.33 Å². The Balaban J connectivity index is 1.52. The largest absolute Gasteiger partial charge is 0.494 e. The van der Waals surface area contributed by atoms with E-state index in [1.807, 2.05) is 66.4 Å². The Bertz CT molecular complexity index is 1380. The van der Waals surface area contributed by atoms with E-state index < -0.39 is 29.4 Å². The summed E-state index contributed by atoms with van der Waals surface area (Å²) in [4.78, 5) is 46.2.